The van der Waals surface area contributed by atoms with Gasteiger partial charge in [-0.05, 0) is 36.4 Å². The van der Waals surface area contributed by atoms with E-state index in [0.29, 0.717) is 0 Å². The van der Waals surface area contributed by atoms with Gasteiger partial charge in [0.05, 0.1) is 11.1 Å². The number of nitrogen functional groups attached to an aromatic ring is 1. The molecule has 0 fully saturated rings. The lowest BCUT2D eigenvalue weighted by Gasteiger charge is -2.07. The SMILES string of the molecule is N#Cc1cc(NC(=O)c2cc(N)ccc2F)ccc1F. The second-order valence-corrected chi connectivity index (χ2v) is 4.00. The lowest BCUT2D eigenvalue weighted by Crippen LogP contribution is -2.14. The largest absolute Gasteiger partial charge is 0.399 e. The molecule has 20 heavy (non-hydrogen) atoms. The molecule has 1 amide bonds. The molecule has 0 radical (unpaired) electrons. The van der Waals surface area contributed by atoms with E-state index in [-0.39, 0.29) is 22.5 Å². The quantitative estimate of drug-likeness (QED) is 0.825. The summed E-state index contributed by atoms with van der Waals surface area (Å²) in [5.74, 6) is -2.15. The van der Waals surface area contributed by atoms with Crippen LogP contribution in [0.25, 0.3) is 0 Å². The molecular formula is C14H9F2N3O. The minimum Gasteiger partial charge on any atom is -0.399 e. The van der Waals surface area contributed by atoms with E-state index >= 15 is 0 Å². The van der Waals surface area contributed by atoms with Gasteiger partial charge < -0.3 is 11.1 Å². The van der Waals surface area contributed by atoms with Crippen molar-refractivity contribution in [3.8, 4) is 6.07 Å². The maximum Gasteiger partial charge on any atom is 0.258 e. The van der Waals surface area contributed by atoms with Crippen molar-refractivity contribution in [2.45, 2.75) is 0 Å². The number of carbonyl (C=O) groups excluding carboxylic acids is 1. The Hall–Kier alpha value is -2.94. The highest BCUT2D eigenvalue weighted by molar-refractivity contribution is 6.05. The third kappa shape index (κ3) is 2.72. The molecule has 3 N–H and O–H groups in total. The molecule has 4 nitrogen and oxygen atoms in total. The second-order valence-electron chi connectivity index (χ2n) is 4.00. The predicted molar refractivity (Wildman–Crippen MR) is 69.9 cm³/mol. The van der Waals surface area contributed by atoms with Gasteiger partial charge in [0, 0.05) is 11.4 Å². The van der Waals surface area contributed by atoms with Crippen LogP contribution >= 0.6 is 0 Å². The van der Waals surface area contributed by atoms with Gasteiger partial charge in [-0.15, -0.1) is 0 Å². The third-order valence-corrected chi connectivity index (χ3v) is 2.58. The van der Waals surface area contributed by atoms with E-state index in [4.69, 9.17) is 11.0 Å². The molecule has 0 aliphatic carbocycles. The monoisotopic (exact) mass is 273 g/mol. The Balaban J connectivity index is 2.28. The molecule has 0 heterocycles. The highest BCUT2D eigenvalue weighted by Gasteiger charge is 2.13. The van der Waals surface area contributed by atoms with E-state index in [0.717, 1.165) is 18.2 Å². The molecule has 100 valence electrons. The van der Waals surface area contributed by atoms with Crippen LogP contribution in [-0.2, 0) is 0 Å². The van der Waals surface area contributed by atoms with Crippen LogP contribution < -0.4 is 11.1 Å². The molecule has 0 saturated heterocycles. The predicted octanol–water partition coefficient (Wildman–Crippen LogP) is 2.67. The standard InChI is InChI=1S/C14H9F2N3O/c15-12-4-2-10(5-8(12)7-17)19-14(20)11-6-9(18)1-3-13(11)16/h1-6H,18H2,(H,19,20). The number of nitrogens with one attached hydrogen (secondary N) is 1. The summed E-state index contributed by atoms with van der Waals surface area (Å²) in [6.45, 7) is 0. The smallest absolute Gasteiger partial charge is 0.258 e. The van der Waals surface area contributed by atoms with Crippen LogP contribution in [0.15, 0.2) is 36.4 Å². The van der Waals surface area contributed by atoms with Gasteiger partial charge in [-0.3, -0.25) is 4.79 Å². The zero-order chi connectivity index (χ0) is 14.7. The normalized spacial score (nSPS) is 9.85. The molecular weight excluding hydrogens is 264 g/mol. The van der Waals surface area contributed by atoms with Crippen molar-refractivity contribution >= 4 is 17.3 Å². The molecule has 0 aliphatic heterocycles. The van der Waals surface area contributed by atoms with Gasteiger partial charge in [0.15, 0.2) is 0 Å². The second kappa shape index (κ2) is 5.36. The van der Waals surface area contributed by atoms with Crippen molar-refractivity contribution in [2.24, 2.45) is 0 Å². The van der Waals surface area contributed by atoms with E-state index in [9.17, 15) is 13.6 Å². The van der Waals surface area contributed by atoms with Gasteiger partial charge >= 0.3 is 0 Å². The fourth-order valence-corrected chi connectivity index (χ4v) is 1.60. The van der Waals surface area contributed by atoms with Crippen molar-refractivity contribution < 1.29 is 13.6 Å². The highest BCUT2D eigenvalue weighted by atomic mass is 19.1. The van der Waals surface area contributed by atoms with Gasteiger partial charge in [0.1, 0.15) is 17.7 Å². The number of nitriles is 1. The summed E-state index contributed by atoms with van der Waals surface area (Å²) in [5.41, 5.74) is 5.48. The van der Waals surface area contributed by atoms with Crippen LogP contribution in [0.4, 0.5) is 20.2 Å². The molecule has 0 aliphatic rings. The first-order chi connectivity index (χ1) is 9.51. The van der Waals surface area contributed by atoms with Crippen molar-refractivity contribution in [1.29, 1.82) is 5.26 Å². The maximum absolute atomic E-state index is 13.5. The van der Waals surface area contributed by atoms with Crippen LogP contribution in [0.2, 0.25) is 0 Å². The Bertz CT molecular complexity index is 723. The molecule has 0 unspecified atom stereocenters. The molecule has 0 aromatic heterocycles. The fourth-order valence-electron chi connectivity index (χ4n) is 1.60. The average molecular weight is 273 g/mol. The van der Waals surface area contributed by atoms with Crippen molar-refractivity contribution in [1.82, 2.24) is 0 Å². The van der Waals surface area contributed by atoms with Gasteiger partial charge in [-0.25, -0.2) is 8.78 Å². The van der Waals surface area contributed by atoms with Crippen LogP contribution in [0, 0.1) is 23.0 Å². The first kappa shape index (κ1) is 13.5. The van der Waals surface area contributed by atoms with Gasteiger partial charge in [0.2, 0.25) is 0 Å². The summed E-state index contributed by atoms with van der Waals surface area (Å²) in [6, 6.07) is 8.74. The topological polar surface area (TPSA) is 78.9 Å². The van der Waals surface area contributed by atoms with Gasteiger partial charge in [-0.1, -0.05) is 0 Å². The Kier molecular flexibility index (Phi) is 3.62. The summed E-state index contributed by atoms with van der Waals surface area (Å²) >= 11 is 0. The summed E-state index contributed by atoms with van der Waals surface area (Å²) in [4.78, 5) is 11.9. The summed E-state index contributed by atoms with van der Waals surface area (Å²) in [7, 11) is 0. The van der Waals surface area contributed by atoms with Gasteiger partial charge in [0.25, 0.3) is 5.91 Å². The number of hydrogen-bond donors (Lipinski definition) is 2. The Morgan fingerprint density at radius 2 is 1.85 bits per heavy atom. The van der Waals surface area contributed by atoms with E-state index in [2.05, 4.69) is 5.32 Å². The van der Waals surface area contributed by atoms with Crippen LogP contribution in [0.1, 0.15) is 15.9 Å². The Morgan fingerprint density at radius 3 is 2.55 bits per heavy atom. The van der Waals surface area contributed by atoms with E-state index < -0.39 is 17.5 Å². The Morgan fingerprint density at radius 1 is 1.15 bits per heavy atom. The molecule has 2 aromatic carbocycles. The zero-order valence-electron chi connectivity index (χ0n) is 10.2. The molecule has 2 rings (SSSR count). The van der Waals surface area contributed by atoms with Crippen molar-refractivity contribution in [3.05, 3.63) is 59.2 Å². The molecule has 0 bridgehead atoms. The van der Waals surface area contributed by atoms with E-state index in [1.54, 1.807) is 6.07 Å². The van der Waals surface area contributed by atoms with Crippen LogP contribution in [-0.4, -0.2) is 5.91 Å². The van der Waals surface area contributed by atoms with E-state index in [1.807, 2.05) is 0 Å². The Labute approximate surface area is 113 Å². The molecule has 6 heteroatoms. The van der Waals surface area contributed by atoms with Crippen LogP contribution in [0.3, 0.4) is 0 Å². The lowest BCUT2D eigenvalue weighted by molar-refractivity contribution is 0.102. The number of rotatable bonds is 2. The molecule has 2 aromatic rings. The lowest BCUT2D eigenvalue weighted by atomic mass is 10.1. The van der Waals surface area contributed by atoms with Crippen LogP contribution in [0.5, 0.6) is 0 Å². The number of nitrogens with zero attached hydrogens (tertiary/aromatic N) is 1. The molecule has 0 atom stereocenters. The number of amides is 1. The molecule has 0 spiro atoms. The average Bonchev–Trinajstić information content (AvgIpc) is 2.43. The number of anilines is 2. The molecule has 0 saturated carbocycles. The van der Waals surface area contributed by atoms with Gasteiger partial charge in [-0.2, -0.15) is 5.26 Å². The first-order valence-electron chi connectivity index (χ1n) is 5.57. The summed E-state index contributed by atoms with van der Waals surface area (Å²) in [6.07, 6.45) is 0. The number of hydrogen-bond acceptors (Lipinski definition) is 3. The van der Waals surface area contributed by atoms with Crippen molar-refractivity contribution in [3.63, 3.8) is 0 Å². The summed E-state index contributed by atoms with van der Waals surface area (Å²) < 4.78 is 26.6. The number of nitrogens with two attached hydrogens (primary N) is 1. The fraction of sp³-hybridized carbons (Fsp3) is 0. The number of carbonyl (C=O) groups is 1. The first-order valence-corrected chi connectivity index (χ1v) is 5.57. The third-order valence-electron chi connectivity index (χ3n) is 2.58. The van der Waals surface area contributed by atoms with Crippen molar-refractivity contribution in [2.75, 3.05) is 11.1 Å². The maximum atomic E-state index is 13.5. The number of halogens is 2. The zero-order valence-corrected chi connectivity index (χ0v) is 10.2. The number of benzene rings is 2. The minimum atomic E-state index is -0.731. The van der Waals surface area contributed by atoms with E-state index in [1.165, 1.54) is 18.2 Å². The highest BCUT2D eigenvalue weighted by Crippen LogP contribution is 2.17. The summed E-state index contributed by atoms with van der Waals surface area (Å²) in [5, 5.41) is 11.1. The minimum absolute atomic E-state index is 0.190.